The maximum atomic E-state index is 5.62. The summed E-state index contributed by atoms with van der Waals surface area (Å²) in [6.45, 7) is 7.03. The van der Waals surface area contributed by atoms with Gasteiger partial charge in [0.05, 0.1) is 0 Å². The van der Waals surface area contributed by atoms with Crippen molar-refractivity contribution < 1.29 is 0 Å². The molecule has 1 fully saturated rings. The SMILES string of the molecule is Cc1nc(N(C)CCN2CCCC2)ncc1CN. The van der Waals surface area contributed by atoms with Crippen molar-refractivity contribution in [1.29, 1.82) is 0 Å². The lowest BCUT2D eigenvalue weighted by molar-refractivity contribution is 0.346. The smallest absolute Gasteiger partial charge is 0.225 e. The molecule has 2 rings (SSSR count). The summed E-state index contributed by atoms with van der Waals surface area (Å²) in [4.78, 5) is 13.5. The fraction of sp³-hybridized carbons (Fsp3) is 0.692. The van der Waals surface area contributed by atoms with Gasteiger partial charge in [0.25, 0.3) is 0 Å². The Labute approximate surface area is 109 Å². The van der Waals surface area contributed by atoms with Crippen LogP contribution in [0, 0.1) is 6.92 Å². The third-order valence-corrected chi connectivity index (χ3v) is 3.58. The van der Waals surface area contributed by atoms with E-state index in [0.717, 1.165) is 30.3 Å². The van der Waals surface area contributed by atoms with Gasteiger partial charge in [-0.25, -0.2) is 9.97 Å². The van der Waals surface area contributed by atoms with E-state index in [0.29, 0.717) is 6.54 Å². The quantitative estimate of drug-likeness (QED) is 0.835. The van der Waals surface area contributed by atoms with Crippen LogP contribution in [0.4, 0.5) is 5.95 Å². The Hall–Kier alpha value is -1.20. The summed E-state index contributed by atoms with van der Waals surface area (Å²) >= 11 is 0. The summed E-state index contributed by atoms with van der Waals surface area (Å²) < 4.78 is 0. The van der Waals surface area contributed by atoms with Crippen LogP contribution in [0.3, 0.4) is 0 Å². The molecule has 1 aromatic rings. The molecule has 1 saturated heterocycles. The highest BCUT2D eigenvalue weighted by Crippen LogP contribution is 2.11. The van der Waals surface area contributed by atoms with Crippen LogP contribution in [0.15, 0.2) is 6.20 Å². The Balaban J connectivity index is 1.91. The van der Waals surface area contributed by atoms with Gasteiger partial charge in [0.1, 0.15) is 0 Å². The molecule has 100 valence electrons. The summed E-state index contributed by atoms with van der Waals surface area (Å²) in [7, 11) is 2.05. The van der Waals surface area contributed by atoms with Gasteiger partial charge in [-0.2, -0.15) is 0 Å². The van der Waals surface area contributed by atoms with E-state index >= 15 is 0 Å². The minimum Gasteiger partial charge on any atom is -0.343 e. The summed E-state index contributed by atoms with van der Waals surface area (Å²) in [6, 6.07) is 0. The number of anilines is 1. The molecule has 0 aliphatic carbocycles. The molecule has 0 spiro atoms. The molecule has 0 radical (unpaired) electrons. The molecule has 2 heterocycles. The summed E-state index contributed by atoms with van der Waals surface area (Å²) in [6.07, 6.45) is 4.51. The highest BCUT2D eigenvalue weighted by molar-refractivity contribution is 5.31. The fourth-order valence-corrected chi connectivity index (χ4v) is 2.26. The summed E-state index contributed by atoms with van der Waals surface area (Å²) in [5.41, 5.74) is 7.62. The van der Waals surface area contributed by atoms with Gasteiger partial charge in [-0.15, -0.1) is 0 Å². The molecule has 1 aliphatic rings. The lowest BCUT2D eigenvalue weighted by atomic mass is 10.2. The van der Waals surface area contributed by atoms with Crippen LogP contribution >= 0.6 is 0 Å². The van der Waals surface area contributed by atoms with E-state index in [1.807, 2.05) is 20.2 Å². The van der Waals surface area contributed by atoms with E-state index in [1.54, 1.807) is 0 Å². The molecular weight excluding hydrogens is 226 g/mol. The van der Waals surface area contributed by atoms with Gasteiger partial charge in [-0.05, 0) is 32.9 Å². The highest BCUT2D eigenvalue weighted by Gasteiger charge is 2.13. The fourth-order valence-electron chi connectivity index (χ4n) is 2.26. The molecule has 5 nitrogen and oxygen atoms in total. The van der Waals surface area contributed by atoms with Gasteiger partial charge in [-0.3, -0.25) is 0 Å². The molecule has 0 saturated carbocycles. The first-order valence-corrected chi connectivity index (χ1v) is 6.67. The first kappa shape index (κ1) is 13.2. The molecule has 0 amide bonds. The molecule has 1 aliphatic heterocycles. The van der Waals surface area contributed by atoms with Gasteiger partial charge >= 0.3 is 0 Å². The molecule has 0 unspecified atom stereocenters. The average Bonchev–Trinajstić information content (AvgIpc) is 2.89. The molecule has 2 N–H and O–H groups in total. The number of rotatable bonds is 5. The molecule has 18 heavy (non-hydrogen) atoms. The minimum atomic E-state index is 0.504. The van der Waals surface area contributed by atoms with Gasteiger partial charge in [-0.1, -0.05) is 0 Å². The van der Waals surface area contributed by atoms with Crippen LogP contribution in [0.1, 0.15) is 24.1 Å². The number of nitrogens with two attached hydrogens (primary N) is 1. The predicted molar refractivity (Wildman–Crippen MR) is 73.6 cm³/mol. The van der Waals surface area contributed by atoms with E-state index < -0.39 is 0 Å². The second-order valence-corrected chi connectivity index (χ2v) is 4.96. The third kappa shape index (κ3) is 3.17. The largest absolute Gasteiger partial charge is 0.343 e. The van der Waals surface area contributed by atoms with Crippen LogP contribution in [0.5, 0.6) is 0 Å². The molecule has 5 heteroatoms. The average molecular weight is 249 g/mol. The zero-order valence-electron chi connectivity index (χ0n) is 11.4. The Morgan fingerprint density at radius 2 is 2.11 bits per heavy atom. The number of likely N-dealkylation sites (tertiary alicyclic amines) is 1. The number of aryl methyl sites for hydroxylation is 1. The lowest BCUT2D eigenvalue weighted by Gasteiger charge is -2.21. The van der Waals surface area contributed by atoms with Gasteiger partial charge in [0, 0.05) is 44.1 Å². The monoisotopic (exact) mass is 249 g/mol. The van der Waals surface area contributed by atoms with Crippen molar-refractivity contribution in [2.45, 2.75) is 26.3 Å². The predicted octanol–water partition coefficient (Wildman–Crippen LogP) is 0.776. The van der Waals surface area contributed by atoms with Crippen molar-refractivity contribution >= 4 is 5.95 Å². The highest BCUT2D eigenvalue weighted by atomic mass is 15.3. The number of aromatic nitrogens is 2. The minimum absolute atomic E-state index is 0.504. The zero-order valence-corrected chi connectivity index (χ0v) is 11.4. The maximum absolute atomic E-state index is 5.62. The first-order valence-electron chi connectivity index (χ1n) is 6.67. The zero-order chi connectivity index (χ0) is 13.0. The lowest BCUT2D eigenvalue weighted by Crippen LogP contribution is -2.32. The van der Waals surface area contributed by atoms with Gasteiger partial charge in [0.15, 0.2) is 0 Å². The van der Waals surface area contributed by atoms with E-state index in [-0.39, 0.29) is 0 Å². The van der Waals surface area contributed by atoms with Crippen LogP contribution in [0.25, 0.3) is 0 Å². The summed E-state index contributed by atoms with van der Waals surface area (Å²) in [5, 5.41) is 0. The normalized spacial score (nSPS) is 16.2. The molecular formula is C13H23N5. The van der Waals surface area contributed by atoms with Crippen LogP contribution < -0.4 is 10.6 Å². The molecule has 0 bridgehead atoms. The van der Waals surface area contributed by atoms with Crippen molar-refractivity contribution in [1.82, 2.24) is 14.9 Å². The van der Waals surface area contributed by atoms with Crippen molar-refractivity contribution in [2.24, 2.45) is 5.73 Å². The number of hydrogen-bond acceptors (Lipinski definition) is 5. The van der Waals surface area contributed by atoms with Crippen molar-refractivity contribution in [2.75, 3.05) is 38.1 Å². The van der Waals surface area contributed by atoms with Crippen LogP contribution in [-0.4, -0.2) is 48.1 Å². The van der Waals surface area contributed by atoms with E-state index in [1.165, 1.54) is 25.9 Å². The second kappa shape index (κ2) is 6.11. The van der Waals surface area contributed by atoms with Crippen molar-refractivity contribution in [3.8, 4) is 0 Å². The Bertz CT molecular complexity index is 387. The van der Waals surface area contributed by atoms with E-state index in [4.69, 9.17) is 5.73 Å². The van der Waals surface area contributed by atoms with Gasteiger partial charge < -0.3 is 15.5 Å². The topological polar surface area (TPSA) is 58.3 Å². The van der Waals surface area contributed by atoms with Crippen LogP contribution in [-0.2, 0) is 6.54 Å². The van der Waals surface area contributed by atoms with E-state index in [9.17, 15) is 0 Å². The Kier molecular flexibility index (Phi) is 4.49. The Morgan fingerprint density at radius 3 is 2.72 bits per heavy atom. The van der Waals surface area contributed by atoms with Gasteiger partial charge in [0.2, 0.25) is 5.95 Å². The number of hydrogen-bond donors (Lipinski definition) is 1. The standard InChI is InChI=1S/C13H23N5/c1-11-12(9-14)10-15-13(16-11)17(2)7-8-18-5-3-4-6-18/h10H,3-9,14H2,1-2H3. The van der Waals surface area contributed by atoms with Crippen molar-refractivity contribution in [3.63, 3.8) is 0 Å². The molecule has 0 aromatic carbocycles. The van der Waals surface area contributed by atoms with E-state index in [2.05, 4.69) is 19.8 Å². The Morgan fingerprint density at radius 1 is 1.39 bits per heavy atom. The molecule has 1 aromatic heterocycles. The molecule has 0 atom stereocenters. The first-order chi connectivity index (χ1) is 8.70. The van der Waals surface area contributed by atoms with Crippen LogP contribution in [0.2, 0.25) is 0 Å². The number of nitrogens with zero attached hydrogens (tertiary/aromatic N) is 4. The maximum Gasteiger partial charge on any atom is 0.225 e. The number of likely N-dealkylation sites (N-methyl/N-ethyl adjacent to an activating group) is 1. The third-order valence-electron chi connectivity index (χ3n) is 3.58. The second-order valence-electron chi connectivity index (χ2n) is 4.96. The van der Waals surface area contributed by atoms with Crippen molar-refractivity contribution in [3.05, 3.63) is 17.5 Å². The summed E-state index contributed by atoms with van der Waals surface area (Å²) in [5.74, 6) is 0.795.